The van der Waals surface area contributed by atoms with Gasteiger partial charge < -0.3 is 0 Å². The normalized spacial score (nSPS) is 12.1. The van der Waals surface area contributed by atoms with Crippen molar-refractivity contribution in [1.29, 1.82) is 0 Å². The van der Waals surface area contributed by atoms with Gasteiger partial charge in [0.1, 0.15) is 0 Å². The van der Waals surface area contributed by atoms with E-state index in [0.717, 1.165) is 6.42 Å². The molecule has 0 heterocycles. The molecule has 0 aliphatic rings. The fraction of sp³-hybridized carbons (Fsp3) is 0.250. The summed E-state index contributed by atoms with van der Waals surface area (Å²) in [6, 6.07) is 10.2. The summed E-state index contributed by atoms with van der Waals surface area (Å²) >= 11 is 0.237. The van der Waals surface area contributed by atoms with E-state index in [2.05, 4.69) is 18.7 Å². The second-order valence-corrected chi connectivity index (χ2v) is 5.73. The van der Waals surface area contributed by atoms with Crippen molar-refractivity contribution < 1.29 is 4.79 Å². The topological polar surface area (TPSA) is 17.1 Å². The zero-order valence-electron chi connectivity index (χ0n) is 8.27. The number of benzene rings is 1. The van der Waals surface area contributed by atoms with Crippen LogP contribution in [0.2, 0.25) is 4.82 Å². The number of hydrogen-bond acceptors (Lipinski definition) is 1. The van der Waals surface area contributed by atoms with Crippen molar-refractivity contribution in [3.8, 4) is 0 Å². The van der Waals surface area contributed by atoms with Crippen LogP contribution in [0, 0.1) is 0 Å². The van der Waals surface area contributed by atoms with E-state index >= 15 is 0 Å². The van der Waals surface area contributed by atoms with Crippen LogP contribution in [0.15, 0.2) is 43.0 Å². The third kappa shape index (κ3) is 3.49. The summed E-state index contributed by atoms with van der Waals surface area (Å²) in [5.41, 5.74) is 0. The van der Waals surface area contributed by atoms with Gasteiger partial charge in [0, 0.05) is 0 Å². The van der Waals surface area contributed by atoms with Crippen LogP contribution in [0.1, 0.15) is 13.3 Å². The summed E-state index contributed by atoms with van der Waals surface area (Å²) in [6.07, 6.45) is 2.63. The van der Waals surface area contributed by atoms with Crippen LogP contribution in [-0.4, -0.2) is 20.7 Å². The van der Waals surface area contributed by atoms with Crippen LogP contribution >= 0.6 is 0 Å². The summed E-state index contributed by atoms with van der Waals surface area (Å²) in [5, 5.41) is 0. The first-order valence-corrected chi connectivity index (χ1v) is 6.41. The molecule has 0 saturated carbocycles. The van der Waals surface area contributed by atoms with Crippen molar-refractivity contribution in [2.45, 2.75) is 18.2 Å². The van der Waals surface area contributed by atoms with E-state index in [9.17, 15) is 4.79 Å². The molecule has 0 aliphatic carbocycles. The molecule has 1 nitrogen and oxygen atoms in total. The van der Waals surface area contributed by atoms with Crippen LogP contribution in [-0.2, 0) is 4.79 Å². The monoisotopic (exact) mass is 254 g/mol. The Labute approximate surface area is 91.4 Å². The average Bonchev–Trinajstić information content (AvgIpc) is 2.18. The predicted molar refractivity (Wildman–Crippen MR) is 61.1 cm³/mol. The Morgan fingerprint density at radius 2 is 2.14 bits per heavy atom. The Morgan fingerprint density at radius 3 is 2.64 bits per heavy atom. The quantitative estimate of drug-likeness (QED) is 0.579. The van der Waals surface area contributed by atoms with E-state index in [-0.39, 0.29) is 25.6 Å². The van der Waals surface area contributed by atoms with Gasteiger partial charge in [0.25, 0.3) is 0 Å². The van der Waals surface area contributed by atoms with Gasteiger partial charge in [-0.3, -0.25) is 0 Å². The van der Waals surface area contributed by atoms with E-state index in [1.807, 2.05) is 24.3 Å². The molecule has 74 valence electrons. The molecule has 1 aromatic carbocycles. The molecule has 0 spiro atoms. The Hall–Kier alpha value is -0.851. The van der Waals surface area contributed by atoms with Gasteiger partial charge >= 0.3 is 91.1 Å². The Balaban J connectivity index is 2.64. The zero-order chi connectivity index (χ0) is 10.4. The molecule has 14 heavy (non-hydrogen) atoms. The Kier molecular flexibility index (Phi) is 4.64. The van der Waals surface area contributed by atoms with Crippen molar-refractivity contribution in [2.75, 3.05) is 0 Å². The standard InChI is InChI=1S/C12H14OSe/c1-3-7-12(10(2)13)14-11-8-5-4-6-9-11/h3-6,8-9,12H,1,7H2,2H3. The summed E-state index contributed by atoms with van der Waals surface area (Å²) in [4.78, 5) is 11.5. The van der Waals surface area contributed by atoms with Crippen LogP contribution in [0.25, 0.3) is 0 Å². The van der Waals surface area contributed by atoms with Gasteiger partial charge in [-0.15, -0.1) is 0 Å². The first-order chi connectivity index (χ1) is 6.74. The maximum atomic E-state index is 11.3. The third-order valence-electron chi connectivity index (χ3n) is 1.86. The second kappa shape index (κ2) is 5.79. The molecular formula is C12H14OSe. The minimum absolute atomic E-state index is 0.155. The van der Waals surface area contributed by atoms with Crippen molar-refractivity contribution in [1.82, 2.24) is 0 Å². The zero-order valence-corrected chi connectivity index (χ0v) is 9.99. The molecule has 1 unspecified atom stereocenters. The number of ketones is 1. The van der Waals surface area contributed by atoms with Crippen LogP contribution in [0.5, 0.6) is 0 Å². The molecule has 0 aromatic heterocycles. The van der Waals surface area contributed by atoms with Gasteiger partial charge in [0.2, 0.25) is 0 Å². The van der Waals surface area contributed by atoms with Crippen molar-refractivity contribution in [3.63, 3.8) is 0 Å². The van der Waals surface area contributed by atoms with Gasteiger partial charge in [0.05, 0.1) is 0 Å². The molecule has 0 aliphatic heterocycles. The van der Waals surface area contributed by atoms with Crippen molar-refractivity contribution >= 4 is 25.2 Å². The molecular weight excluding hydrogens is 239 g/mol. The second-order valence-electron chi connectivity index (χ2n) is 3.05. The van der Waals surface area contributed by atoms with E-state index in [1.165, 1.54) is 4.46 Å². The number of carbonyl (C=O) groups excluding carboxylic acids is 1. The molecule has 0 bridgehead atoms. The van der Waals surface area contributed by atoms with E-state index in [0.29, 0.717) is 0 Å². The number of rotatable bonds is 5. The molecule has 0 fully saturated rings. The molecule has 0 saturated heterocycles. The van der Waals surface area contributed by atoms with Crippen LogP contribution < -0.4 is 4.46 Å². The summed E-state index contributed by atoms with van der Waals surface area (Å²) < 4.78 is 1.28. The number of Topliss-reactive ketones (excluding diaryl/α,β-unsaturated/α-hetero) is 1. The first kappa shape index (κ1) is 11.2. The van der Waals surface area contributed by atoms with Crippen LogP contribution in [0.3, 0.4) is 0 Å². The fourth-order valence-electron chi connectivity index (χ4n) is 1.11. The number of carbonyl (C=O) groups is 1. The van der Waals surface area contributed by atoms with Crippen LogP contribution in [0.4, 0.5) is 0 Å². The van der Waals surface area contributed by atoms with Gasteiger partial charge in [-0.25, -0.2) is 0 Å². The van der Waals surface area contributed by atoms with E-state index < -0.39 is 0 Å². The minimum atomic E-state index is 0.155. The van der Waals surface area contributed by atoms with Crippen molar-refractivity contribution in [2.24, 2.45) is 0 Å². The van der Waals surface area contributed by atoms with Crippen molar-refractivity contribution in [3.05, 3.63) is 43.0 Å². The molecule has 1 aromatic rings. The third-order valence-corrected chi connectivity index (χ3v) is 4.69. The summed E-state index contributed by atoms with van der Waals surface area (Å²) in [7, 11) is 0. The molecule has 1 atom stereocenters. The maximum absolute atomic E-state index is 11.3. The van der Waals surface area contributed by atoms with E-state index in [4.69, 9.17) is 0 Å². The summed E-state index contributed by atoms with van der Waals surface area (Å²) in [5.74, 6) is 0.272. The molecule has 2 heteroatoms. The van der Waals surface area contributed by atoms with Gasteiger partial charge in [-0.05, 0) is 0 Å². The SMILES string of the molecule is C=CCC([Se]c1ccccc1)C(C)=O. The number of allylic oxidation sites excluding steroid dienone is 1. The summed E-state index contributed by atoms with van der Waals surface area (Å²) in [6.45, 7) is 5.35. The molecule has 0 radical (unpaired) electrons. The number of hydrogen-bond donors (Lipinski definition) is 0. The molecule has 0 N–H and O–H groups in total. The molecule has 1 rings (SSSR count). The van der Waals surface area contributed by atoms with Gasteiger partial charge in [0.15, 0.2) is 0 Å². The Morgan fingerprint density at radius 1 is 1.50 bits per heavy atom. The van der Waals surface area contributed by atoms with Gasteiger partial charge in [-0.2, -0.15) is 0 Å². The Bertz CT molecular complexity index is 305. The predicted octanol–water partition coefficient (Wildman–Crippen LogP) is 1.97. The van der Waals surface area contributed by atoms with E-state index in [1.54, 1.807) is 6.92 Å². The average molecular weight is 253 g/mol. The molecule has 0 amide bonds. The fourth-order valence-corrected chi connectivity index (χ4v) is 3.30. The van der Waals surface area contributed by atoms with Gasteiger partial charge in [-0.1, -0.05) is 0 Å². The first-order valence-electron chi connectivity index (χ1n) is 4.57.